The molecular weight excluding hydrogens is 190 g/mol. The summed E-state index contributed by atoms with van der Waals surface area (Å²) in [6.45, 7) is 3.87. The molecule has 1 atom stereocenters. The third-order valence-corrected chi connectivity index (χ3v) is 3.34. The molecule has 0 aliphatic heterocycles. The number of rotatable bonds is 5. The minimum Gasteiger partial charge on any atom is -0.395 e. The first-order valence-electron chi connectivity index (χ1n) is 4.33. The zero-order valence-electron chi connectivity index (χ0n) is 8.69. The molecule has 1 N–H and O–H groups in total. The summed E-state index contributed by atoms with van der Waals surface area (Å²) in [6, 6.07) is -0.296. The van der Waals surface area contributed by atoms with Gasteiger partial charge < -0.3 is 5.11 Å². The average molecular weight is 209 g/mol. The van der Waals surface area contributed by atoms with Crippen molar-refractivity contribution in [3.63, 3.8) is 0 Å². The number of hydrogen-bond acceptors (Lipinski definition) is 3. The van der Waals surface area contributed by atoms with E-state index >= 15 is 0 Å². The lowest BCUT2D eigenvalue weighted by Gasteiger charge is -2.25. The molecule has 0 aliphatic rings. The van der Waals surface area contributed by atoms with Crippen molar-refractivity contribution in [1.29, 1.82) is 0 Å². The molecule has 4 nitrogen and oxygen atoms in total. The van der Waals surface area contributed by atoms with Crippen LogP contribution in [0.25, 0.3) is 0 Å². The monoisotopic (exact) mass is 209 g/mol. The molecule has 0 saturated heterocycles. The number of aliphatic hydroxyl groups excluding tert-OH is 1. The Labute approximate surface area is 80.6 Å². The van der Waals surface area contributed by atoms with Gasteiger partial charge in [-0.25, -0.2) is 8.42 Å². The van der Waals surface area contributed by atoms with E-state index in [1.54, 1.807) is 0 Å². The predicted octanol–water partition coefficient (Wildman–Crippen LogP) is 0.285. The molecule has 0 spiro atoms. The van der Waals surface area contributed by atoms with Gasteiger partial charge in [0.15, 0.2) is 0 Å². The van der Waals surface area contributed by atoms with E-state index in [9.17, 15) is 8.42 Å². The highest BCUT2D eigenvalue weighted by atomic mass is 32.2. The van der Waals surface area contributed by atoms with Gasteiger partial charge in [0.1, 0.15) is 0 Å². The van der Waals surface area contributed by atoms with Crippen molar-refractivity contribution >= 4 is 10.0 Å². The van der Waals surface area contributed by atoms with Crippen LogP contribution in [-0.2, 0) is 10.0 Å². The quantitative estimate of drug-likeness (QED) is 0.708. The zero-order chi connectivity index (χ0) is 10.6. The Balaban J connectivity index is 4.41. The Bertz CT molecular complexity index is 236. The van der Waals surface area contributed by atoms with Crippen molar-refractivity contribution in [2.45, 2.75) is 26.3 Å². The topological polar surface area (TPSA) is 57.6 Å². The Hall–Kier alpha value is -0.130. The number of nitrogens with zero attached hydrogens (tertiary/aromatic N) is 1. The summed E-state index contributed by atoms with van der Waals surface area (Å²) in [4.78, 5) is 0. The maximum atomic E-state index is 11.1. The Morgan fingerprint density at radius 3 is 2.08 bits per heavy atom. The van der Waals surface area contributed by atoms with E-state index in [4.69, 9.17) is 5.11 Å². The molecule has 0 aromatic rings. The van der Waals surface area contributed by atoms with Crippen LogP contribution >= 0.6 is 0 Å². The van der Waals surface area contributed by atoms with Crippen LogP contribution in [0.1, 0.15) is 20.3 Å². The lowest BCUT2D eigenvalue weighted by molar-refractivity contribution is 0.183. The van der Waals surface area contributed by atoms with Crippen LogP contribution < -0.4 is 0 Å². The largest absolute Gasteiger partial charge is 0.395 e. The van der Waals surface area contributed by atoms with E-state index in [-0.39, 0.29) is 12.6 Å². The number of likely N-dealkylation sites (N-methyl/N-ethyl adjacent to an activating group) is 1. The Morgan fingerprint density at radius 2 is 1.85 bits per heavy atom. The van der Waals surface area contributed by atoms with Gasteiger partial charge in [0.25, 0.3) is 0 Å². The maximum absolute atomic E-state index is 11.1. The number of sulfonamides is 1. The lowest BCUT2D eigenvalue weighted by atomic mass is 10.1. The first kappa shape index (κ1) is 12.9. The van der Waals surface area contributed by atoms with Gasteiger partial charge in [0.2, 0.25) is 10.0 Å². The van der Waals surface area contributed by atoms with Crippen molar-refractivity contribution in [3.05, 3.63) is 0 Å². The van der Waals surface area contributed by atoms with Crippen LogP contribution in [0.4, 0.5) is 0 Å². The van der Waals surface area contributed by atoms with E-state index in [1.807, 2.05) is 13.8 Å². The summed E-state index contributed by atoms with van der Waals surface area (Å²) in [7, 11) is -1.69. The molecule has 13 heavy (non-hydrogen) atoms. The second-order valence-corrected chi connectivity index (χ2v) is 5.79. The molecule has 0 heterocycles. The van der Waals surface area contributed by atoms with Crippen LogP contribution in [-0.4, -0.2) is 43.8 Å². The fourth-order valence-corrected chi connectivity index (χ4v) is 1.85. The van der Waals surface area contributed by atoms with E-state index in [0.717, 1.165) is 6.26 Å². The highest BCUT2D eigenvalue weighted by molar-refractivity contribution is 7.88. The molecule has 0 aromatic heterocycles. The zero-order valence-corrected chi connectivity index (χ0v) is 9.50. The SMILES string of the molecule is CC(C)C[C@H](CO)N(C)S(C)(=O)=O. The van der Waals surface area contributed by atoms with Crippen molar-refractivity contribution in [3.8, 4) is 0 Å². The molecule has 5 heteroatoms. The highest BCUT2D eigenvalue weighted by Crippen LogP contribution is 2.11. The average Bonchev–Trinajstić information content (AvgIpc) is 1.96. The predicted molar refractivity (Wildman–Crippen MR) is 52.9 cm³/mol. The van der Waals surface area contributed by atoms with Gasteiger partial charge in [-0.05, 0) is 12.3 Å². The van der Waals surface area contributed by atoms with Gasteiger partial charge in [-0.15, -0.1) is 0 Å². The first-order chi connectivity index (χ1) is 5.79. The Kier molecular flexibility index (Phi) is 4.88. The smallest absolute Gasteiger partial charge is 0.211 e. The van der Waals surface area contributed by atoms with Crippen molar-refractivity contribution in [2.24, 2.45) is 5.92 Å². The van der Waals surface area contributed by atoms with Crippen molar-refractivity contribution in [1.82, 2.24) is 4.31 Å². The number of hydrogen-bond donors (Lipinski definition) is 1. The van der Waals surface area contributed by atoms with E-state index in [1.165, 1.54) is 11.4 Å². The van der Waals surface area contributed by atoms with Crippen LogP contribution in [0.15, 0.2) is 0 Å². The number of aliphatic hydroxyl groups is 1. The molecule has 0 amide bonds. The molecule has 0 aliphatic carbocycles. The molecule has 80 valence electrons. The summed E-state index contributed by atoms with van der Waals surface area (Å²) >= 11 is 0. The second-order valence-electron chi connectivity index (χ2n) is 3.75. The molecule has 0 saturated carbocycles. The van der Waals surface area contributed by atoms with Gasteiger partial charge in [0.05, 0.1) is 12.9 Å². The summed E-state index contributed by atoms with van der Waals surface area (Å²) in [5.41, 5.74) is 0. The normalized spacial score (nSPS) is 15.3. The van der Waals surface area contributed by atoms with Crippen LogP contribution in [0, 0.1) is 5.92 Å². The molecule has 0 rings (SSSR count). The molecule has 0 fully saturated rings. The third kappa shape index (κ3) is 4.59. The maximum Gasteiger partial charge on any atom is 0.211 e. The van der Waals surface area contributed by atoms with E-state index < -0.39 is 10.0 Å². The third-order valence-electron chi connectivity index (χ3n) is 1.99. The molecular formula is C8H19NO3S. The second kappa shape index (κ2) is 4.93. The van der Waals surface area contributed by atoms with Crippen LogP contribution in [0.5, 0.6) is 0 Å². The van der Waals surface area contributed by atoms with E-state index in [2.05, 4.69) is 0 Å². The summed E-state index contributed by atoms with van der Waals surface area (Å²) in [6.07, 6.45) is 1.83. The summed E-state index contributed by atoms with van der Waals surface area (Å²) in [5, 5.41) is 9.00. The molecule has 0 unspecified atom stereocenters. The van der Waals surface area contributed by atoms with Gasteiger partial charge >= 0.3 is 0 Å². The fraction of sp³-hybridized carbons (Fsp3) is 1.00. The highest BCUT2D eigenvalue weighted by Gasteiger charge is 2.22. The Morgan fingerprint density at radius 1 is 1.38 bits per heavy atom. The summed E-state index contributed by atoms with van der Waals surface area (Å²) < 4.78 is 23.5. The van der Waals surface area contributed by atoms with Crippen LogP contribution in [0.3, 0.4) is 0 Å². The molecule has 0 bridgehead atoms. The van der Waals surface area contributed by atoms with Gasteiger partial charge in [-0.1, -0.05) is 13.8 Å². The first-order valence-corrected chi connectivity index (χ1v) is 6.17. The van der Waals surface area contributed by atoms with E-state index in [0.29, 0.717) is 12.3 Å². The summed E-state index contributed by atoms with van der Waals surface area (Å²) in [5.74, 6) is 0.376. The fourth-order valence-electron chi connectivity index (χ4n) is 1.15. The van der Waals surface area contributed by atoms with Gasteiger partial charge in [-0.3, -0.25) is 0 Å². The minimum absolute atomic E-state index is 0.123. The van der Waals surface area contributed by atoms with Gasteiger partial charge in [0, 0.05) is 13.1 Å². The molecule has 0 aromatic carbocycles. The minimum atomic E-state index is -3.19. The van der Waals surface area contributed by atoms with Crippen molar-refractivity contribution in [2.75, 3.05) is 19.9 Å². The van der Waals surface area contributed by atoms with Crippen LogP contribution in [0.2, 0.25) is 0 Å². The van der Waals surface area contributed by atoms with Gasteiger partial charge in [-0.2, -0.15) is 4.31 Å². The molecule has 0 radical (unpaired) electrons. The van der Waals surface area contributed by atoms with Crippen molar-refractivity contribution < 1.29 is 13.5 Å². The standard InChI is InChI=1S/C8H19NO3S/c1-7(2)5-8(6-10)9(3)13(4,11)12/h7-8,10H,5-6H2,1-4H3/t8-/m1/s1. The lowest BCUT2D eigenvalue weighted by Crippen LogP contribution is -2.39.